The molecule has 3 aliphatic heterocycles. The Morgan fingerprint density at radius 1 is 0.692 bits per heavy atom. The zero-order chi connectivity index (χ0) is 38.3. The summed E-state index contributed by atoms with van der Waals surface area (Å²) in [6.07, 6.45) is -5.74. The molecule has 14 atom stereocenters. The van der Waals surface area contributed by atoms with Crippen LogP contribution in [0.2, 0.25) is 0 Å². The lowest BCUT2D eigenvalue weighted by atomic mass is 9.77. The summed E-state index contributed by atoms with van der Waals surface area (Å²) in [5.74, 6) is -2.71. The van der Waals surface area contributed by atoms with Crippen molar-refractivity contribution in [2.75, 3.05) is 19.8 Å². The van der Waals surface area contributed by atoms with Gasteiger partial charge in [-0.1, -0.05) is 71.9 Å². The highest BCUT2D eigenvalue weighted by molar-refractivity contribution is 5.76. The summed E-state index contributed by atoms with van der Waals surface area (Å²) < 4.78 is 53.9. The number of ether oxygens (including phenoxy) is 9. The maximum Gasteiger partial charge on any atom is 0.314 e. The van der Waals surface area contributed by atoms with Crippen LogP contribution in [-0.2, 0) is 61.8 Å². The molecular formula is C39H58O13. The van der Waals surface area contributed by atoms with Gasteiger partial charge in [0.1, 0.15) is 0 Å². The Kier molecular flexibility index (Phi) is 14.7. The summed E-state index contributed by atoms with van der Waals surface area (Å²) in [5.41, 5.74) is 0.298. The second-order valence-electron chi connectivity index (χ2n) is 15.1. The van der Waals surface area contributed by atoms with Crippen molar-refractivity contribution in [2.24, 2.45) is 29.1 Å². The topological polar surface area (TPSA) is 151 Å². The lowest BCUT2D eigenvalue weighted by Crippen LogP contribution is -2.58. The van der Waals surface area contributed by atoms with Crippen molar-refractivity contribution in [3.8, 4) is 0 Å². The van der Waals surface area contributed by atoms with Crippen LogP contribution in [0.15, 0.2) is 30.3 Å². The van der Waals surface area contributed by atoms with E-state index in [-0.39, 0.29) is 31.0 Å². The number of hydrogen-bond acceptors (Lipinski definition) is 13. The first-order chi connectivity index (χ1) is 24.5. The van der Waals surface area contributed by atoms with Gasteiger partial charge in [0.15, 0.2) is 30.9 Å². The first-order valence-corrected chi connectivity index (χ1v) is 18.5. The molecule has 52 heavy (non-hydrogen) atoms. The van der Waals surface area contributed by atoms with Gasteiger partial charge in [0.2, 0.25) is 6.29 Å². The van der Waals surface area contributed by atoms with E-state index in [1.165, 1.54) is 20.8 Å². The minimum absolute atomic E-state index is 0.0163. The Morgan fingerprint density at radius 3 is 1.62 bits per heavy atom. The van der Waals surface area contributed by atoms with Gasteiger partial charge in [-0.25, -0.2) is 0 Å². The SMILES string of the molecule is CCC(C)(CC(C)c1ccccc1)C(=O)OC1OCC(OC2OCC(OC3OCC(C)C(C)C3OC(C)=O)C(C)C2OC(C)=O)C(C)C1OC(C)=O. The fraction of sp³-hybridized carbons (Fsp3) is 0.744. The first-order valence-electron chi connectivity index (χ1n) is 18.5. The van der Waals surface area contributed by atoms with E-state index in [4.69, 9.17) is 42.6 Å². The molecule has 0 N–H and O–H groups in total. The maximum atomic E-state index is 13.7. The minimum atomic E-state index is -1.16. The van der Waals surface area contributed by atoms with Gasteiger partial charge in [-0.15, -0.1) is 0 Å². The molecule has 0 aliphatic carbocycles. The van der Waals surface area contributed by atoms with Gasteiger partial charge in [-0.05, 0) is 37.2 Å². The average Bonchev–Trinajstić information content (AvgIpc) is 3.09. The van der Waals surface area contributed by atoms with E-state index in [9.17, 15) is 19.2 Å². The highest BCUT2D eigenvalue weighted by atomic mass is 16.8. The van der Waals surface area contributed by atoms with Gasteiger partial charge in [0.05, 0.1) is 37.4 Å². The predicted octanol–water partition coefficient (Wildman–Crippen LogP) is 5.32. The van der Waals surface area contributed by atoms with Gasteiger partial charge in [-0.2, -0.15) is 0 Å². The summed E-state index contributed by atoms with van der Waals surface area (Å²) in [4.78, 5) is 50.2. The van der Waals surface area contributed by atoms with E-state index >= 15 is 0 Å². The van der Waals surface area contributed by atoms with Crippen molar-refractivity contribution < 1.29 is 61.8 Å². The van der Waals surface area contributed by atoms with Gasteiger partial charge >= 0.3 is 23.9 Å². The van der Waals surface area contributed by atoms with Crippen molar-refractivity contribution in [3.63, 3.8) is 0 Å². The van der Waals surface area contributed by atoms with Crippen molar-refractivity contribution in [3.05, 3.63) is 35.9 Å². The minimum Gasteiger partial charge on any atom is -0.457 e. The van der Waals surface area contributed by atoms with Crippen LogP contribution >= 0.6 is 0 Å². The molecule has 0 amide bonds. The van der Waals surface area contributed by atoms with Gasteiger partial charge in [0.25, 0.3) is 0 Å². The standard InChI is InChI=1S/C39H58O13/c1-11-39(10,17-21(2)29-15-13-12-14-16-29)38(43)52-37-34(49-28(9)42)25(6)31(20-46-37)51-36-33(48-27(8)41)24(5)30(19-45-36)50-35-32(47-26(7)40)23(4)22(3)18-44-35/h12-16,21-25,30-37H,11,17-20H2,1-10H3. The molecule has 14 unspecified atom stereocenters. The molecule has 0 radical (unpaired) electrons. The molecule has 1 aromatic rings. The van der Waals surface area contributed by atoms with Crippen LogP contribution in [0.4, 0.5) is 0 Å². The van der Waals surface area contributed by atoms with Crippen molar-refractivity contribution >= 4 is 23.9 Å². The number of carbonyl (C=O) groups excluding carboxylic acids is 4. The Morgan fingerprint density at radius 2 is 1.13 bits per heavy atom. The van der Waals surface area contributed by atoms with Gasteiger partial charge in [-0.3, -0.25) is 19.2 Å². The number of carbonyl (C=O) groups is 4. The first kappa shape index (κ1) is 41.7. The van der Waals surface area contributed by atoms with Crippen LogP contribution in [0.1, 0.15) is 93.6 Å². The Hall–Kier alpha value is -3.10. The van der Waals surface area contributed by atoms with E-state index in [1.807, 2.05) is 71.9 Å². The molecule has 0 aromatic heterocycles. The fourth-order valence-electron chi connectivity index (χ4n) is 7.12. The summed E-state index contributed by atoms with van der Waals surface area (Å²) in [7, 11) is 0. The summed E-state index contributed by atoms with van der Waals surface area (Å²) in [6.45, 7) is 18.0. The molecule has 3 saturated heterocycles. The van der Waals surface area contributed by atoms with Crippen molar-refractivity contribution in [1.82, 2.24) is 0 Å². The molecule has 292 valence electrons. The molecule has 0 saturated carbocycles. The maximum absolute atomic E-state index is 13.7. The lowest BCUT2D eigenvalue weighted by Gasteiger charge is -2.46. The van der Waals surface area contributed by atoms with E-state index in [2.05, 4.69) is 6.92 Å². The third-order valence-electron chi connectivity index (χ3n) is 10.9. The van der Waals surface area contributed by atoms with Crippen LogP contribution in [0.25, 0.3) is 0 Å². The molecular weight excluding hydrogens is 676 g/mol. The van der Waals surface area contributed by atoms with Crippen LogP contribution < -0.4 is 0 Å². The van der Waals surface area contributed by atoms with Crippen molar-refractivity contribution in [1.29, 1.82) is 0 Å². The third kappa shape index (κ3) is 10.3. The van der Waals surface area contributed by atoms with Crippen LogP contribution in [-0.4, -0.2) is 93.1 Å². The Labute approximate surface area is 307 Å². The second kappa shape index (κ2) is 18.3. The largest absolute Gasteiger partial charge is 0.457 e. The van der Waals surface area contributed by atoms with Crippen LogP contribution in [0.3, 0.4) is 0 Å². The van der Waals surface area contributed by atoms with E-state index in [1.54, 1.807) is 0 Å². The smallest absolute Gasteiger partial charge is 0.314 e. The predicted molar refractivity (Wildman–Crippen MR) is 186 cm³/mol. The summed E-state index contributed by atoms with van der Waals surface area (Å²) >= 11 is 0. The molecule has 3 aliphatic rings. The second-order valence-corrected chi connectivity index (χ2v) is 15.1. The average molecular weight is 735 g/mol. The van der Waals surface area contributed by atoms with E-state index < -0.39 is 90.5 Å². The van der Waals surface area contributed by atoms with E-state index in [0.717, 1.165) is 5.56 Å². The molecule has 4 rings (SSSR count). The highest BCUT2D eigenvalue weighted by Gasteiger charge is 2.50. The van der Waals surface area contributed by atoms with E-state index in [0.29, 0.717) is 19.4 Å². The molecule has 1 aromatic carbocycles. The Balaban J connectivity index is 1.45. The number of hydrogen-bond donors (Lipinski definition) is 0. The number of rotatable bonds is 13. The van der Waals surface area contributed by atoms with Crippen molar-refractivity contribution in [2.45, 2.75) is 137 Å². The molecule has 3 heterocycles. The monoisotopic (exact) mass is 734 g/mol. The summed E-state index contributed by atoms with van der Waals surface area (Å²) in [6, 6.07) is 9.98. The van der Waals surface area contributed by atoms with Gasteiger partial charge < -0.3 is 42.6 Å². The summed E-state index contributed by atoms with van der Waals surface area (Å²) in [5, 5.41) is 0. The van der Waals surface area contributed by atoms with Crippen LogP contribution in [0.5, 0.6) is 0 Å². The molecule has 3 fully saturated rings. The fourth-order valence-corrected chi connectivity index (χ4v) is 7.12. The zero-order valence-corrected chi connectivity index (χ0v) is 32.2. The van der Waals surface area contributed by atoms with Gasteiger partial charge in [0, 0.05) is 38.5 Å². The lowest BCUT2D eigenvalue weighted by molar-refractivity contribution is -0.333. The molecule has 13 heteroatoms. The molecule has 0 spiro atoms. The molecule has 0 bridgehead atoms. The third-order valence-corrected chi connectivity index (χ3v) is 10.9. The van der Waals surface area contributed by atoms with Crippen LogP contribution in [0, 0.1) is 29.1 Å². The quantitative estimate of drug-likeness (QED) is 0.190. The molecule has 13 nitrogen and oxygen atoms in total. The normalized spacial score (nSPS) is 35.3. The Bertz CT molecular complexity index is 1350. The zero-order valence-electron chi connectivity index (χ0n) is 32.2. The number of benzene rings is 1. The highest BCUT2D eigenvalue weighted by Crippen LogP contribution is 2.39. The number of esters is 4.